The van der Waals surface area contributed by atoms with Gasteiger partial charge in [0.25, 0.3) is 0 Å². The highest BCUT2D eigenvalue weighted by molar-refractivity contribution is 5.94. The Morgan fingerprint density at radius 2 is 1.84 bits per heavy atom. The zero-order valence-electron chi connectivity index (χ0n) is 12.0. The van der Waals surface area contributed by atoms with Gasteiger partial charge in [-0.15, -0.1) is 0 Å². The number of nitrogens with one attached hydrogen (secondary N) is 1. The molecule has 2 heteroatoms. The summed E-state index contributed by atoms with van der Waals surface area (Å²) in [6.07, 6.45) is 1.19. The summed E-state index contributed by atoms with van der Waals surface area (Å²) in [6.45, 7) is 5.63. The molecule has 1 aliphatic heterocycles. The van der Waals surface area contributed by atoms with Gasteiger partial charge in [-0.05, 0) is 31.7 Å². The van der Waals surface area contributed by atoms with Crippen molar-refractivity contribution in [3.63, 3.8) is 0 Å². The highest BCUT2D eigenvalue weighted by atomic mass is 15.2. The molecule has 1 fully saturated rings. The molecule has 2 nitrogen and oxygen atoms in total. The first-order valence-electron chi connectivity index (χ1n) is 7.02. The van der Waals surface area contributed by atoms with Crippen LogP contribution in [0.15, 0.2) is 42.5 Å². The van der Waals surface area contributed by atoms with Crippen LogP contribution in [0, 0.1) is 0 Å². The van der Waals surface area contributed by atoms with E-state index in [0.717, 1.165) is 6.54 Å². The summed E-state index contributed by atoms with van der Waals surface area (Å²) in [5.74, 6) is 0. The van der Waals surface area contributed by atoms with Crippen LogP contribution < -0.4 is 10.2 Å². The molecule has 1 aliphatic rings. The Morgan fingerprint density at radius 1 is 1.11 bits per heavy atom. The first-order chi connectivity index (χ1) is 9.07. The minimum Gasteiger partial charge on any atom is -0.370 e. The van der Waals surface area contributed by atoms with Gasteiger partial charge in [-0.25, -0.2) is 0 Å². The number of likely N-dealkylation sites (N-methyl/N-ethyl adjacent to an activating group) is 1. The molecule has 3 rings (SSSR count). The minimum absolute atomic E-state index is 0.253. The zero-order valence-corrected chi connectivity index (χ0v) is 12.0. The van der Waals surface area contributed by atoms with Gasteiger partial charge in [-0.1, -0.05) is 36.4 Å². The molecule has 2 aromatic carbocycles. The maximum absolute atomic E-state index is 3.60. The van der Waals surface area contributed by atoms with Crippen LogP contribution >= 0.6 is 0 Å². The molecule has 0 spiro atoms. The van der Waals surface area contributed by atoms with Gasteiger partial charge in [0.2, 0.25) is 0 Å². The largest absolute Gasteiger partial charge is 0.370 e. The van der Waals surface area contributed by atoms with E-state index in [1.807, 2.05) is 0 Å². The van der Waals surface area contributed by atoms with Gasteiger partial charge in [-0.3, -0.25) is 0 Å². The second-order valence-corrected chi connectivity index (χ2v) is 6.23. The van der Waals surface area contributed by atoms with Crippen LogP contribution in [-0.4, -0.2) is 25.2 Å². The third-order valence-electron chi connectivity index (χ3n) is 4.26. The Balaban J connectivity index is 1.96. The van der Waals surface area contributed by atoms with Crippen LogP contribution in [0.25, 0.3) is 10.8 Å². The Kier molecular flexibility index (Phi) is 2.98. The van der Waals surface area contributed by atoms with Gasteiger partial charge in [0, 0.05) is 36.2 Å². The monoisotopic (exact) mass is 254 g/mol. The summed E-state index contributed by atoms with van der Waals surface area (Å²) in [7, 11) is 2.22. The predicted octanol–water partition coefficient (Wildman–Crippen LogP) is 3.42. The molecule has 0 amide bonds. The Bertz CT molecular complexity index is 583. The second kappa shape index (κ2) is 4.53. The minimum atomic E-state index is 0.253. The standard InChI is InChI=1S/C17H22N2/c1-17(2)11-14(12-18-17)19(3)16-10-6-8-13-7-4-5-9-15(13)16/h4-10,14,18H,11-12H2,1-3H3. The maximum Gasteiger partial charge on any atom is 0.0446 e. The van der Waals surface area contributed by atoms with E-state index in [1.54, 1.807) is 0 Å². The molecule has 0 bridgehead atoms. The molecule has 1 atom stereocenters. The molecule has 100 valence electrons. The molecule has 1 N–H and O–H groups in total. The van der Waals surface area contributed by atoms with Gasteiger partial charge in [0.05, 0.1) is 0 Å². The normalized spacial score (nSPS) is 21.7. The first kappa shape index (κ1) is 12.5. The second-order valence-electron chi connectivity index (χ2n) is 6.23. The fourth-order valence-electron chi connectivity index (χ4n) is 3.11. The van der Waals surface area contributed by atoms with Gasteiger partial charge in [0.15, 0.2) is 0 Å². The van der Waals surface area contributed by atoms with Crippen molar-refractivity contribution in [3.05, 3.63) is 42.5 Å². The molecule has 2 aromatic rings. The lowest BCUT2D eigenvalue weighted by molar-refractivity contribution is 0.454. The summed E-state index contributed by atoms with van der Waals surface area (Å²) in [4.78, 5) is 2.43. The SMILES string of the molecule is CN(c1cccc2ccccc12)C1CNC(C)(C)C1. The molecular formula is C17H22N2. The number of hydrogen-bond acceptors (Lipinski definition) is 2. The van der Waals surface area contributed by atoms with Crippen molar-refractivity contribution in [2.45, 2.75) is 31.8 Å². The molecular weight excluding hydrogens is 232 g/mol. The smallest absolute Gasteiger partial charge is 0.0446 e. The van der Waals surface area contributed by atoms with Crippen LogP contribution in [0.1, 0.15) is 20.3 Å². The van der Waals surface area contributed by atoms with Crippen LogP contribution in [-0.2, 0) is 0 Å². The Morgan fingerprint density at radius 3 is 2.58 bits per heavy atom. The van der Waals surface area contributed by atoms with E-state index in [4.69, 9.17) is 0 Å². The lowest BCUT2D eigenvalue weighted by Gasteiger charge is -2.28. The van der Waals surface area contributed by atoms with E-state index in [2.05, 4.69) is 73.6 Å². The number of benzene rings is 2. The highest BCUT2D eigenvalue weighted by Gasteiger charge is 2.32. The maximum atomic E-state index is 3.60. The van der Waals surface area contributed by atoms with Gasteiger partial charge >= 0.3 is 0 Å². The zero-order chi connectivity index (χ0) is 13.5. The van der Waals surface area contributed by atoms with Crippen molar-refractivity contribution in [2.24, 2.45) is 0 Å². The van der Waals surface area contributed by atoms with E-state index in [9.17, 15) is 0 Å². The van der Waals surface area contributed by atoms with Crippen molar-refractivity contribution in [1.82, 2.24) is 5.32 Å². The fraction of sp³-hybridized carbons (Fsp3) is 0.412. The van der Waals surface area contributed by atoms with E-state index in [-0.39, 0.29) is 5.54 Å². The van der Waals surface area contributed by atoms with Crippen molar-refractivity contribution in [3.8, 4) is 0 Å². The number of anilines is 1. The molecule has 1 heterocycles. The summed E-state index contributed by atoms with van der Waals surface area (Å²) < 4.78 is 0. The Labute approximate surface area is 115 Å². The number of fused-ring (bicyclic) bond motifs is 1. The molecule has 0 radical (unpaired) electrons. The van der Waals surface area contributed by atoms with Crippen LogP contribution in [0.4, 0.5) is 5.69 Å². The van der Waals surface area contributed by atoms with E-state index in [0.29, 0.717) is 6.04 Å². The predicted molar refractivity (Wildman–Crippen MR) is 82.8 cm³/mol. The number of hydrogen-bond donors (Lipinski definition) is 1. The molecule has 0 saturated carbocycles. The molecule has 19 heavy (non-hydrogen) atoms. The summed E-state index contributed by atoms with van der Waals surface area (Å²) >= 11 is 0. The number of nitrogens with zero attached hydrogens (tertiary/aromatic N) is 1. The Hall–Kier alpha value is -1.54. The van der Waals surface area contributed by atoms with Crippen LogP contribution in [0.3, 0.4) is 0 Å². The lowest BCUT2D eigenvalue weighted by Crippen LogP contribution is -2.33. The average molecular weight is 254 g/mol. The van der Waals surface area contributed by atoms with Gasteiger partial charge in [-0.2, -0.15) is 0 Å². The summed E-state index contributed by atoms with van der Waals surface area (Å²) in [5.41, 5.74) is 1.59. The number of rotatable bonds is 2. The van der Waals surface area contributed by atoms with Crippen molar-refractivity contribution < 1.29 is 0 Å². The topological polar surface area (TPSA) is 15.3 Å². The summed E-state index contributed by atoms with van der Waals surface area (Å²) in [6, 6.07) is 15.8. The van der Waals surface area contributed by atoms with Crippen molar-refractivity contribution >= 4 is 16.5 Å². The lowest BCUT2D eigenvalue weighted by atomic mass is 10.00. The highest BCUT2D eigenvalue weighted by Crippen LogP contribution is 2.30. The third-order valence-corrected chi connectivity index (χ3v) is 4.26. The van der Waals surface area contributed by atoms with Gasteiger partial charge in [0.1, 0.15) is 0 Å². The third kappa shape index (κ3) is 2.33. The summed E-state index contributed by atoms with van der Waals surface area (Å²) in [5, 5.41) is 6.26. The average Bonchev–Trinajstić information content (AvgIpc) is 2.78. The first-order valence-corrected chi connectivity index (χ1v) is 7.02. The van der Waals surface area contributed by atoms with Crippen LogP contribution in [0.2, 0.25) is 0 Å². The van der Waals surface area contributed by atoms with Gasteiger partial charge < -0.3 is 10.2 Å². The van der Waals surface area contributed by atoms with Crippen molar-refractivity contribution in [1.29, 1.82) is 0 Å². The molecule has 0 aliphatic carbocycles. The van der Waals surface area contributed by atoms with E-state index < -0.39 is 0 Å². The van der Waals surface area contributed by atoms with E-state index in [1.165, 1.54) is 22.9 Å². The quantitative estimate of drug-likeness (QED) is 0.883. The molecule has 0 aromatic heterocycles. The van der Waals surface area contributed by atoms with Crippen molar-refractivity contribution in [2.75, 3.05) is 18.5 Å². The fourth-order valence-corrected chi connectivity index (χ4v) is 3.11. The van der Waals surface area contributed by atoms with Crippen LogP contribution in [0.5, 0.6) is 0 Å². The molecule has 1 unspecified atom stereocenters. The van der Waals surface area contributed by atoms with E-state index >= 15 is 0 Å². The molecule has 1 saturated heterocycles.